The van der Waals surface area contributed by atoms with Crippen LogP contribution in [0.1, 0.15) is 37.5 Å². The number of methoxy groups -OCH3 is 1. The van der Waals surface area contributed by atoms with Crippen molar-refractivity contribution in [3.05, 3.63) is 59.4 Å². The van der Waals surface area contributed by atoms with Gasteiger partial charge in [-0.3, -0.25) is 4.98 Å². The van der Waals surface area contributed by atoms with E-state index in [4.69, 9.17) is 14.9 Å². The van der Waals surface area contributed by atoms with Crippen LogP contribution in [-0.2, 0) is 4.74 Å². The van der Waals surface area contributed by atoms with E-state index < -0.39 is 5.82 Å². The summed E-state index contributed by atoms with van der Waals surface area (Å²) < 4.78 is 26.8. The maximum Gasteiger partial charge on any atom is 0.319 e. The first-order chi connectivity index (χ1) is 20.3. The van der Waals surface area contributed by atoms with Gasteiger partial charge in [-0.1, -0.05) is 19.1 Å². The number of nitrogens with one attached hydrogen (secondary N) is 4. The van der Waals surface area contributed by atoms with Gasteiger partial charge in [-0.05, 0) is 38.0 Å². The van der Waals surface area contributed by atoms with Gasteiger partial charge < -0.3 is 35.7 Å². The number of rotatable bonds is 14. The Bertz CT molecular complexity index is 1430. The first kappa shape index (κ1) is 30.9. The minimum absolute atomic E-state index is 0.000253. The molecular formula is C30H37FN6O4S. The highest BCUT2D eigenvalue weighted by atomic mass is 32.1. The van der Waals surface area contributed by atoms with Crippen LogP contribution in [0.3, 0.4) is 0 Å². The lowest BCUT2D eigenvalue weighted by Crippen LogP contribution is -2.44. The molecule has 3 aromatic rings. The Balaban J connectivity index is 1.44. The van der Waals surface area contributed by atoms with Gasteiger partial charge in [-0.25, -0.2) is 14.0 Å². The number of nitrogens with zero attached hydrogens (tertiary/aromatic N) is 2. The Labute approximate surface area is 248 Å². The Morgan fingerprint density at radius 1 is 1.24 bits per heavy atom. The number of amides is 4. The molecule has 1 fully saturated rings. The van der Waals surface area contributed by atoms with Crippen LogP contribution in [0.25, 0.3) is 10.2 Å². The molecule has 12 heteroatoms. The van der Waals surface area contributed by atoms with Crippen molar-refractivity contribution >= 4 is 45.5 Å². The minimum atomic E-state index is -0.595. The molecule has 2 atom stereocenters. The summed E-state index contributed by atoms with van der Waals surface area (Å²) in [7, 11) is 1.59. The zero-order chi connectivity index (χ0) is 30.1. The molecule has 4 amide bonds. The van der Waals surface area contributed by atoms with Crippen LogP contribution in [0.2, 0.25) is 0 Å². The predicted octanol–water partition coefficient (Wildman–Crippen LogP) is 6.11. The van der Waals surface area contributed by atoms with Crippen molar-refractivity contribution in [2.75, 3.05) is 38.7 Å². The molecule has 1 saturated carbocycles. The van der Waals surface area contributed by atoms with Crippen molar-refractivity contribution < 1.29 is 23.5 Å². The van der Waals surface area contributed by atoms with E-state index in [1.807, 2.05) is 32.1 Å². The van der Waals surface area contributed by atoms with Gasteiger partial charge in [0.1, 0.15) is 5.75 Å². The first-order valence-electron chi connectivity index (χ1n) is 13.9. The smallest absolute Gasteiger partial charge is 0.319 e. The highest BCUT2D eigenvalue weighted by molar-refractivity contribution is 7.19. The third-order valence-corrected chi connectivity index (χ3v) is 7.98. The molecular weight excluding hydrogens is 559 g/mol. The number of carbonyl (C=O) groups excluding carboxylic acids is 2. The number of hydrogen-bond donors (Lipinski definition) is 4. The summed E-state index contributed by atoms with van der Waals surface area (Å²) in [6.07, 6.45) is 8.82. The number of urea groups is 2. The Hall–Kier alpha value is -4.03. The summed E-state index contributed by atoms with van der Waals surface area (Å²) in [6, 6.07) is 7.64. The van der Waals surface area contributed by atoms with Crippen LogP contribution >= 0.6 is 11.3 Å². The second-order valence-corrected chi connectivity index (χ2v) is 11.2. The molecule has 2 heterocycles. The fraction of sp³-hybridized carbons (Fsp3) is 0.400. The van der Waals surface area contributed by atoms with Gasteiger partial charge in [-0.15, -0.1) is 11.3 Å². The van der Waals surface area contributed by atoms with Gasteiger partial charge in [0.15, 0.2) is 11.6 Å². The summed E-state index contributed by atoms with van der Waals surface area (Å²) in [4.78, 5) is 31.5. The van der Waals surface area contributed by atoms with Crippen LogP contribution in [0.4, 0.5) is 19.7 Å². The molecule has 10 nitrogen and oxygen atoms in total. The van der Waals surface area contributed by atoms with E-state index in [1.54, 1.807) is 30.3 Å². The van der Waals surface area contributed by atoms with Crippen LogP contribution < -0.4 is 20.7 Å². The number of carbonyl (C=O) groups is 2. The van der Waals surface area contributed by atoms with E-state index in [9.17, 15) is 14.0 Å². The minimum Gasteiger partial charge on any atom is -0.453 e. The maximum absolute atomic E-state index is 14.9. The molecule has 4 rings (SSSR count). The molecule has 1 aliphatic rings. The summed E-state index contributed by atoms with van der Waals surface area (Å²) >= 11 is 1.50. The summed E-state index contributed by atoms with van der Waals surface area (Å²) in [5.74, 6) is -0.343. The standard InChI is InChI=1S/C30H37FN6O4S/c1-4-33-30(39)37(13-14-40-3)18-20(17-32)6-5-19(2)27-16-24-28(42-27)26(11-12-34-24)41-25-10-9-22(15-23(25)31)36-29(38)35-21-7-8-21/h5-6,9-12,15-17,19-21,32H,4,7-8,13-14,18H2,1-3H3,(H,33,39)(H2,35,36,38)/b6-5-,32-17?. The molecule has 42 heavy (non-hydrogen) atoms. The predicted molar refractivity (Wildman–Crippen MR) is 164 cm³/mol. The van der Waals surface area contributed by atoms with E-state index in [-0.39, 0.29) is 35.7 Å². The lowest BCUT2D eigenvalue weighted by molar-refractivity contribution is 0.148. The zero-order valence-corrected chi connectivity index (χ0v) is 24.8. The molecule has 2 unspecified atom stereocenters. The number of hydrogen-bond acceptors (Lipinski definition) is 7. The van der Waals surface area contributed by atoms with Crippen molar-refractivity contribution in [3.63, 3.8) is 0 Å². The van der Waals surface area contributed by atoms with E-state index in [0.29, 0.717) is 37.7 Å². The van der Waals surface area contributed by atoms with Crippen molar-refractivity contribution in [1.82, 2.24) is 20.5 Å². The molecule has 4 N–H and O–H groups in total. The van der Waals surface area contributed by atoms with E-state index >= 15 is 0 Å². The van der Waals surface area contributed by atoms with E-state index in [2.05, 4.69) is 20.9 Å². The molecule has 0 saturated heterocycles. The zero-order valence-electron chi connectivity index (χ0n) is 24.0. The molecule has 2 aromatic heterocycles. The van der Waals surface area contributed by atoms with Crippen molar-refractivity contribution in [1.29, 1.82) is 5.41 Å². The number of pyridine rings is 1. The highest BCUT2D eigenvalue weighted by Gasteiger charge is 2.23. The second kappa shape index (κ2) is 14.7. The average Bonchev–Trinajstić information content (AvgIpc) is 3.67. The van der Waals surface area contributed by atoms with Gasteiger partial charge in [0.25, 0.3) is 0 Å². The molecule has 224 valence electrons. The average molecular weight is 597 g/mol. The van der Waals surface area contributed by atoms with E-state index in [0.717, 1.165) is 27.9 Å². The van der Waals surface area contributed by atoms with Gasteiger partial charge in [0, 0.05) is 79.7 Å². The molecule has 1 aliphatic carbocycles. The number of fused-ring (bicyclic) bond motifs is 1. The fourth-order valence-electron chi connectivity index (χ4n) is 4.17. The number of thiophene rings is 1. The molecule has 0 aliphatic heterocycles. The van der Waals surface area contributed by atoms with Gasteiger partial charge >= 0.3 is 12.1 Å². The number of ether oxygens (including phenoxy) is 2. The fourth-order valence-corrected chi connectivity index (χ4v) is 5.26. The van der Waals surface area contributed by atoms with Crippen LogP contribution in [0.15, 0.2) is 48.7 Å². The summed E-state index contributed by atoms with van der Waals surface area (Å²) in [6.45, 7) is 5.62. The Morgan fingerprint density at radius 2 is 2.05 bits per heavy atom. The number of anilines is 1. The lowest BCUT2D eigenvalue weighted by Gasteiger charge is -2.24. The number of halogens is 1. The molecule has 0 spiro atoms. The lowest BCUT2D eigenvalue weighted by atomic mass is 10.0. The second-order valence-electron chi connectivity index (χ2n) is 10.1. The maximum atomic E-state index is 14.9. The third-order valence-electron chi connectivity index (χ3n) is 6.64. The van der Waals surface area contributed by atoms with Gasteiger partial charge in [0.2, 0.25) is 0 Å². The van der Waals surface area contributed by atoms with Crippen LogP contribution in [0, 0.1) is 17.1 Å². The first-order valence-corrected chi connectivity index (χ1v) is 14.8. The summed E-state index contributed by atoms with van der Waals surface area (Å²) in [5, 5.41) is 16.1. The van der Waals surface area contributed by atoms with Crippen LogP contribution in [0.5, 0.6) is 11.5 Å². The molecule has 1 aromatic carbocycles. The highest BCUT2D eigenvalue weighted by Crippen LogP contribution is 2.38. The molecule has 0 bridgehead atoms. The topological polar surface area (TPSA) is 129 Å². The Kier molecular flexibility index (Phi) is 10.8. The van der Waals surface area contributed by atoms with Crippen molar-refractivity contribution in [3.8, 4) is 11.5 Å². The number of benzene rings is 1. The van der Waals surface area contributed by atoms with Gasteiger partial charge in [-0.2, -0.15) is 0 Å². The largest absolute Gasteiger partial charge is 0.453 e. The number of aromatic nitrogens is 1. The van der Waals surface area contributed by atoms with Crippen molar-refractivity contribution in [2.24, 2.45) is 5.92 Å². The summed E-state index contributed by atoms with van der Waals surface area (Å²) in [5.41, 5.74) is 1.07. The monoisotopic (exact) mass is 596 g/mol. The normalized spacial score (nSPS) is 14.4. The quantitative estimate of drug-likeness (QED) is 0.132. The van der Waals surface area contributed by atoms with Gasteiger partial charge in [0.05, 0.1) is 16.8 Å². The third kappa shape index (κ3) is 8.49. The number of allylic oxidation sites excluding steroid dienone is 1. The van der Waals surface area contributed by atoms with Crippen LogP contribution in [-0.4, -0.2) is 67.6 Å². The Morgan fingerprint density at radius 3 is 2.74 bits per heavy atom. The van der Waals surface area contributed by atoms with E-state index in [1.165, 1.54) is 29.7 Å². The van der Waals surface area contributed by atoms with Crippen molar-refractivity contribution in [2.45, 2.75) is 38.6 Å². The molecule has 0 radical (unpaired) electrons. The SMILES string of the molecule is CCNC(=O)N(CCOC)CC(C=N)/C=C\C(C)c1cc2nccc(Oc3ccc(NC(=O)NC4CC4)cc3F)c2s1.